The summed E-state index contributed by atoms with van der Waals surface area (Å²) in [6.07, 6.45) is 2.92. The second kappa shape index (κ2) is 4.79. The number of hydrogen-bond donors (Lipinski definition) is 1. The van der Waals surface area contributed by atoms with Gasteiger partial charge in [0.15, 0.2) is 3.92 Å². The number of nitrogens with zero attached hydrogens (tertiary/aromatic N) is 1. The van der Waals surface area contributed by atoms with Crippen molar-refractivity contribution in [3.05, 3.63) is 21.6 Å². The smallest absolute Gasteiger partial charge is 0.160 e. The van der Waals surface area contributed by atoms with Crippen LogP contribution in [0.15, 0.2) is 16.0 Å². The number of aliphatic hydroxyl groups is 1. The monoisotopic (exact) mass is 327 g/mol. The van der Waals surface area contributed by atoms with Gasteiger partial charge in [0.1, 0.15) is 5.75 Å². The van der Waals surface area contributed by atoms with Crippen LogP contribution in [-0.2, 0) is 0 Å². The zero-order chi connectivity index (χ0) is 12.7. The highest BCUT2D eigenvalue weighted by Crippen LogP contribution is 2.44. The van der Waals surface area contributed by atoms with Crippen molar-refractivity contribution in [1.82, 2.24) is 4.98 Å². The second-order valence-corrected chi connectivity index (χ2v) is 6.94. The standard InChI is InChI=1S/C13H14BrNO2S/c1-17-8-5-6-9-11(15-13(14)18-9)10(8)12(16)7-3-2-4-7/h5-7,12,16H,2-4H2,1H3. The van der Waals surface area contributed by atoms with Gasteiger partial charge in [-0.3, -0.25) is 0 Å². The minimum atomic E-state index is -0.466. The van der Waals surface area contributed by atoms with Gasteiger partial charge in [-0.1, -0.05) is 6.42 Å². The molecule has 0 aliphatic heterocycles. The largest absolute Gasteiger partial charge is 0.496 e. The van der Waals surface area contributed by atoms with Crippen LogP contribution in [0.1, 0.15) is 30.9 Å². The van der Waals surface area contributed by atoms with Crippen LogP contribution in [0.2, 0.25) is 0 Å². The Morgan fingerprint density at radius 3 is 2.89 bits per heavy atom. The molecule has 0 spiro atoms. The molecule has 1 aromatic heterocycles. The predicted octanol–water partition coefficient (Wildman–Crippen LogP) is 3.90. The predicted molar refractivity (Wildman–Crippen MR) is 76.2 cm³/mol. The van der Waals surface area contributed by atoms with Crippen molar-refractivity contribution in [3.63, 3.8) is 0 Å². The molecule has 0 saturated heterocycles. The van der Waals surface area contributed by atoms with Crippen LogP contribution < -0.4 is 4.74 Å². The number of ether oxygens (including phenoxy) is 1. The van der Waals surface area contributed by atoms with Crippen LogP contribution in [0.25, 0.3) is 10.2 Å². The fraction of sp³-hybridized carbons (Fsp3) is 0.462. The first-order chi connectivity index (χ1) is 8.70. The second-order valence-electron chi connectivity index (χ2n) is 4.63. The highest BCUT2D eigenvalue weighted by molar-refractivity contribution is 9.11. The fourth-order valence-corrected chi connectivity index (χ4v) is 3.83. The van der Waals surface area contributed by atoms with E-state index in [4.69, 9.17) is 4.74 Å². The van der Waals surface area contributed by atoms with Gasteiger partial charge in [0, 0.05) is 5.56 Å². The fourth-order valence-electron chi connectivity index (χ4n) is 2.42. The average Bonchev–Trinajstić information content (AvgIpc) is 2.65. The van der Waals surface area contributed by atoms with E-state index in [1.54, 1.807) is 18.4 Å². The zero-order valence-electron chi connectivity index (χ0n) is 10.0. The molecule has 1 saturated carbocycles. The van der Waals surface area contributed by atoms with Crippen LogP contribution in [0.3, 0.4) is 0 Å². The minimum Gasteiger partial charge on any atom is -0.496 e. The van der Waals surface area contributed by atoms with Gasteiger partial charge >= 0.3 is 0 Å². The first kappa shape index (κ1) is 12.4. The van der Waals surface area contributed by atoms with E-state index in [-0.39, 0.29) is 0 Å². The topological polar surface area (TPSA) is 42.4 Å². The van der Waals surface area contributed by atoms with Crippen molar-refractivity contribution in [2.75, 3.05) is 7.11 Å². The number of halogens is 1. The minimum absolute atomic E-state index is 0.352. The molecule has 1 aliphatic rings. The molecule has 0 amide bonds. The molecule has 96 valence electrons. The van der Waals surface area contributed by atoms with Gasteiger partial charge < -0.3 is 9.84 Å². The van der Waals surface area contributed by atoms with E-state index in [2.05, 4.69) is 20.9 Å². The van der Waals surface area contributed by atoms with Crippen LogP contribution in [-0.4, -0.2) is 17.2 Å². The number of rotatable bonds is 3. The summed E-state index contributed by atoms with van der Waals surface area (Å²) in [7, 11) is 1.64. The highest BCUT2D eigenvalue weighted by atomic mass is 79.9. The summed E-state index contributed by atoms with van der Waals surface area (Å²) in [6, 6.07) is 3.91. The van der Waals surface area contributed by atoms with Crippen LogP contribution in [0.4, 0.5) is 0 Å². The Kier molecular flexibility index (Phi) is 3.30. The maximum atomic E-state index is 10.5. The summed E-state index contributed by atoms with van der Waals surface area (Å²) in [6.45, 7) is 0. The van der Waals surface area contributed by atoms with E-state index in [1.165, 1.54) is 6.42 Å². The van der Waals surface area contributed by atoms with E-state index in [0.717, 1.165) is 38.3 Å². The molecule has 1 unspecified atom stereocenters. The molecule has 0 radical (unpaired) electrons. The number of aliphatic hydroxyl groups excluding tert-OH is 1. The van der Waals surface area contributed by atoms with Crippen molar-refractivity contribution in [2.24, 2.45) is 5.92 Å². The third kappa shape index (κ3) is 1.94. The first-order valence-corrected chi connectivity index (χ1v) is 7.62. The van der Waals surface area contributed by atoms with Crippen molar-refractivity contribution in [3.8, 4) is 5.75 Å². The highest BCUT2D eigenvalue weighted by Gasteiger charge is 2.31. The molecule has 3 nitrogen and oxygen atoms in total. The van der Waals surface area contributed by atoms with E-state index in [0.29, 0.717) is 5.92 Å². The zero-order valence-corrected chi connectivity index (χ0v) is 12.4. The number of hydrogen-bond acceptors (Lipinski definition) is 4. The first-order valence-electron chi connectivity index (χ1n) is 6.01. The molecule has 0 bridgehead atoms. The van der Waals surface area contributed by atoms with E-state index in [9.17, 15) is 5.11 Å². The molecule has 2 aromatic rings. The lowest BCUT2D eigenvalue weighted by atomic mass is 9.78. The van der Waals surface area contributed by atoms with Crippen molar-refractivity contribution < 1.29 is 9.84 Å². The SMILES string of the molecule is COc1ccc2sc(Br)nc2c1C(O)C1CCC1. The van der Waals surface area contributed by atoms with Gasteiger partial charge in [-0.25, -0.2) is 4.98 Å². The number of fused-ring (bicyclic) bond motifs is 1. The Balaban J connectivity index is 2.15. The number of methoxy groups -OCH3 is 1. The molecule has 1 atom stereocenters. The Bertz CT molecular complexity index is 580. The van der Waals surface area contributed by atoms with Gasteiger partial charge in [-0.15, -0.1) is 11.3 Å². The Morgan fingerprint density at radius 2 is 2.28 bits per heavy atom. The molecule has 18 heavy (non-hydrogen) atoms. The van der Waals surface area contributed by atoms with Gasteiger partial charge in [0.25, 0.3) is 0 Å². The molecule has 5 heteroatoms. The van der Waals surface area contributed by atoms with Crippen molar-refractivity contribution >= 4 is 37.5 Å². The van der Waals surface area contributed by atoms with Crippen molar-refractivity contribution in [1.29, 1.82) is 0 Å². The summed E-state index contributed by atoms with van der Waals surface area (Å²) in [4.78, 5) is 4.48. The lowest BCUT2D eigenvalue weighted by molar-refractivity contribution is 0.0611. The van der Waals surface area contributed by atoms with Crippen molar-refractivity contribution in [2.45, 2.75) is 25.4 Å². The Labute approximate surface area is 118 Å². The Hall–Kier alpha value is -0.650. The van der Waals surface area contributed by atoms with Crippen LogP contribution in [0, 0.1) is 5.92 Å². The number of benzene rings is 1. The summed E-state index contributed by atoms with van der Waals surface area (Å²) in [5.74, 6) is 1.09. The van der Waals surface area contributed by atoms with Crippen LogP contribution in [0.5, 0.6) is 5.75 Å². The average molecular weight is 328 g/mol. The number of aromatic nitrogens is 1. The summed E-state index contributed by atoms with van der Waals surface area (Å²) < 4.78 is 7.31. The van der Waals surface area contributed by atoms with E-state index >= 15 is 0 Å². The third-order valence-electron chi connectivity index (χ3n) is 3.65. The molecule has 1 N–H and O–H groups in total. The van der Waals surface area contributed by atoms with E-state index < -0.39 is 6.10 Å². The molecular formula is C13H14BrNO2S. The molecule has 1 aromatic carbocycles. The van der Waals surface area contributed by atoms with Gasteiger partial charge in [0.05, 0.1) is 23.4 Å². The van der Waals surface area contributed by atoms with Crippen LogP contribution >= 0.6 is 27.3 Å². The summed E-state index contributed by atoms with van der Waals surface area (Å²) in [5, 5.41) is 10.5. The number of thiazole rings is 1. The van der Waals surface area contributed by atoms with Gasteiger partial charge in [0.2, 0.25) is 0 Å². The maximum absolute atomic E-state index is 10.5. The van der Waals surface area contributed by atoms with E-state index in [1.807, 2.05) is 12.1 Å². The van der Waals surface area contributed by atoms with Gasteiger partial charge in [-0.2, -0.15) is 0 Å². The molecular weight excluding hydrogens is 314 g/mol. The maximum Gasteiger partial charge on any atom is 0.160 e. The lowest BCUT2D eigenvalue weighted by Crippen LogP contribution is -2.20. The van der Waals surface area contributed by atoms with Gasteiger partial charge in [-0.05, 0) is 46.8 Å². The third-order valence-corrected chi connectivity index (χ3v) is 5.12. The summed E-state index contributed by atoms with van der Waals surface area (Å²) in [5.41, 5.74) is 1.72. The summed E-state index contributed by atoms with van der Waals surface area (Å²) >= 11 is 4.99. The molecule has 1 fully saturated rings. The molecule has 3 rings (SSSR count). The quantitative estimate of drug-likeness (QED) is 0.929. The molecule has 1 heterocycles. The molecule has 1 aliphatic carbocycles. The normalized spacial score (nSPS) is 17.7. The lowest BCUT2D eigenvalue weighted by Gasteiger charge is -2.31. The Morgan fingerprint density at radius 1 is 1.50 bits per heavy atom.